The largest absolute Gasteiger partial charge is 0.618 e. The minimum atomic E-state index is -1.20. The maximum atomic E-state index is 13.3. The predicted molar refractivity (Wildman–Crippen MR) is 93.9 cm³/mol. The van der Waals surface area contributed by atoms with Gasteiger partial charge in [0.1, 0.15) is 5.56 Å². The molecule has 3 heterocycles. The van der Waals surface area contributed by atoms with Crippen LogP contribution in [0.1, 0.15) is 33.2 Å². The molecule has 128 valence electrons. The van der Waals surface area contributed by atoms with Gasteiger partial charge in [0.15, 0.2) is 6.20 Å². The van der Waals surface area contributed by atoms with E-state index >= 15 is 0 Å². The van der Waals surface area contributed by atoms with E-state index in [1.54, 1.807) is 17.0 Å². The molecule has 1 saturated heterocycles. The molecular weight excluding hydrogens is 328 g/mol. The van der Waals surface area contributed by atoms with Crippen molar-refractivity contribution in [2.24, 2.45) is 0 Å². The molecule has 2 aromatic carbocycles. The van der Waals surface area contributed by atoms with E-state index in [1.807, 2.05) is 60.7 Å². The third-order valence-electron chi connectivity index (χ3n) is 5.18. The monoisotopic (exact) mass is 344 g/mol. The van der Waals surface area contributed by atoms with Gasteiger partial charge in [-0.15, -0.1) is 0 Å². The topological polar surface area (TPSA) is 56.5 Å². The first-order chi connectivity index (χ1) is 12.7. The van der Waals surface area contributed by atoms with Gasteiger partial charge in [-0.3, -0.25) is 9.69 Å². The van der Waals surface area contributed by atoms with Crippen molar-refractivity contribution < 1.29 is 14.3 Å². The molecule has 2 aliphatic heterocycles. The van der Waals surface area contributed by atoms with Crippen LogP contribution in [0.15, 0.2) is 79.0 Å². The van der Waals surface area contributed by atoms with Gasteiger partial charge in [-0.05, 0) is 11.6 Å². The van der Waals surface area contributed by atoms with E-state index in [0.29, 0.717) is 17.9 Å². The minimum absolute atomic E-state index is 0.180. The van der Waals surface area contributed by atoms with Crippen molar-refractivity contribution in [3.05, 3.63) is 107 Å². The fourth-order valence-corrected chi connectivity index (χ4v) is 4.10. The van der Waals surface area contributed by atoms with Gasteiger partial charge in [0.2, 0.25) is 0 Å². The molecule has 1 fully saturated rings. The van der Waals surface area contributed by atoms with Gasteiger partial charge in [-0.1, -0.05) is 60.7 Å². The third kappa shape index (κ3) is 1.83. The van der Waals surface area contributed by atoms with Gasteiger partial charge in [0.25, 0.3) is 17.3 Å². The average molecular weight is 344 g/mol. The SMILES string of the molecule is O=C1c2ccc[n+]([O-])c2[C@]2(c3ccccc3)OC[C@@H](c3ccccc3)N12. The van der Waals surface area contributed by atoms with Crippen molar-refractivity contribution in [2.75, 3.05) is 6.61 Å². The van der Waals surface area contributed by atoms with Crippen LogP contribution < -0.4 is 4.73 Å². The molecule has 0 bridgehead atoms. The number of rotatable bonds is 2. The molecule has 1 amide bonds. The van der Waals surface area contributed by atoms with Crippen LogP contribution in [0.3, 0.4) is 0 Å². The van der Waals surface area contributed by atoms with Gasteiger partial charge in [0.05, 0.1) is 12.6 Å². The van der Waals surface area contributed by atoms with E-state index in [9.17, 15) is 10.0 Å². The molecule has 0 radical (unpaired) electrons. The molecule has 0 saturated carbocycles. The Bertz CT molecular complexity index is 991. The molecule has 0 aliphatic carbocycles. The zero-order chi connectivity index (χ0) is 17.7. The summed E-state index contributed by atoms with van der Waals surface area (Å²) in [6.45, 7) is 0.332. The number of amides is 1. The first-order valence-electron chi connectivity index (χ1n) is 8.54. The Morgan fingerprint density at radius 2 is 1.69 bits per heavy atom. The highest BCUT2D eigenvalue weighted by atomic mass is 16.5. The maximum absolute atomic E-state index is 13.3. The van der Waals surface area contributed by atoms with Crippen molar-refractivity contribution in [1.82, 2.24) is 4.90 Å². The van der Waals surface area contributed by atoms with Crippen LogP contribution in [-0.4, -0.2) is 17.4 Å². The fourth-order valence-electron chi connectivity index (χ4n) is 4.10. The summed E-state index contributed by atoms with van der Waals surface area (Å²) in [5, 5.41) is 12.7. The molecule has 3 aromatic rings. The van der Waals surface area contributed by atoms with Crippen molar-refractivity contribution in [1.29, 1.82) is 0 Å². The lowest BCUT2D eigenvalue weighted by molar-refractivity contribution is -0.622. The molecule has 2 atom stereocenters. The summed E-state index contributed by atoms with van der Waals surface area (Å²) in [5.74, 6) is -0.180. The lowest BCUT2D eigenvalue weighted by Gasteiger charge is -2.32. The van der Waals surface area contributed by atoms with Crippen LogP contribution in [0.2, 0.25) is 0 Å². The lowest BCUT2D eigenvalue weighted by atomic mass is 9.97. The Morgan fingerprint density at radius 3 is 2.42 bits per heavy atom. The van der Waals surface area contributed by atoms with Gasteiger partial charge in [-0.25, -0.2) is 0 Å². The van der Waals surface area contributed by atoms with Crippen LogP contribution in [0.5, 0.6) is 0 Å². The number of carbonyl (C=O) groups is 1. The highest BCUT2D eigenvalue weighted by Gasteiger charge is 2.64. The molecule has 1 aromatic heterocycles. The Balaban J connectivity index is 1.78. The quantitative estimate of drug-likeness (QED) is 0.531. The second-order valence-electron chi connectivity index (χ2n) is 6.52. The maximum Gasteiger partial charge on any atom is 0.264 e. The van der Waals surface area contributed by atoms with Crippen LogP contribution in [-0.2, 0) is 10.5 Å². The average Bonchev–Trinajstić information content (AvgIpc) is 3.20. The van der Waals surface area contributed by atoms with E-state index in [1.165, 1.54) is 6.20 Å². The number of carbonyl (C=O) groups excluding carboxylic acids is 1. The first-order valence-corrected chi connectivity index (χ1v) is 8.54. The number of hydrogen-bond acceptors (Lipinski definition) is 3. The van der Waals surface area contributed by atoms with E-state index in [-0.39, 0.29) is 11.9 Å². The molecule has 0 spiro atoms. The second-order valence-corrected chi connectivity index (χ2v) is 6.52. The number of fused-ring (bicyclic) bond motifs is 3. The van der Waals surface area contributed by atoms with Crippen molar-refractivity contribution >= 4 is 5.91 Å². The van der Waals surface area contributed by atoms with Gasteiger partial charge >= 0.3 is 0 Å². The summed E-state index contributed by atoms with van der Waals surface area (Å²) in [7, 11) is 0. The number of benzene rings is 2. The van der Waals surface area contributed by atoms with Crippen LogP contribution in [0, 0.1) is 5.21 Å². The van der Waals surface area contributed by atoms with Crippen LogP contribution >= 0.6 is 0 Å². The minimum Gasteiger partial charge on any atom is -0.618 e. The first kappa shape index (κ1) is 15.1. The molecule has 5 heteroatoms. The fraction of sp³-hybridized carbons (Fsp3) is 0.143. The van der Waals surface area contributed by atoms with Crippen molar-refractivity contribution in [2.45, 2.75) is 11.8 Å². The number of aromatic nitrogens is 1. The Hall–Kier alpha value is -3.18. The van der Waals surface area contributed by atoms with Crippen molar-refractivity contribution in [3.63, 3.8) is 0 Å². The molecule has 5 nitrogen and oxygen atoms in total. The Morgan fingerprint density at radius 1 is 1.00 bits per heavy atom. The second kappa shape index (κ2) is 5.41. The normalized spacial score (nSPS) is 23.8. The smallest absolute Gasteiger partial charge is 0.264 e. The van der Waals surface area contributed by atoms with E-state index in [4.69, 9.17) is 4.74 Å². The number of hydrogen-bond donors (Lipinski definition) is 0. The summed E-state index contributed by atoms with van der Waals surface area (Å²) < 4.78 is 7.04. The van der Waals surface area contributed by atoms with Gasteiger partial charge in [0, 0.05) is 11.6 Å². The molecule has 0 N–H and O–H groups in total. The van der Waals surface area contributed by atoms with Crippen LogP contribution in [0.4, 0.5) is 0 Å². The molecular formula is C21H16N2O3. The van der Waals surface area contributed by atoms with Gasteiger partial charge < -0.3 is 9.94 Å². The molecule has 2 aliphatic rings. The summed E-state index contributed by atoms with van der Waals surface area (Å²) in [6.07, 6.45) is 1.42. The number of pyridine rings is 1. The molecule has 0 unspecified atom stereocenters. The van der Waals surface area contributed by atoms with E-state index in [0.717, 1.165) is 15.9 Å². The zero-order valence-corrected chi connectivity index (χ0v) is 13.9. The predicted octanol–water partition coefficient (Wildman–Crippen LogP) is 2.75. The summed E-state index contributed by atoms with van der Waals surface area (Å²) in [6, 6.07) is 22.3. The Labute approximate surface area is 150 Å². The summed E-state index contributed by atoms with van der Waals surface area (Å²) in [4.78, 5) is 15.0. The van der Waals surface area contributed by atoms with E-state index in [2.05, 4.69) is 0 Å². The summed E-state index contributed by atoms with van der Waals surface area (Å²) >= 11 is 0. The highest BCUT2D eigenvalue weighted by Crippen LogP contribution is 2.52. The zero-order valence-electron chi connectivity index (χ0n) is 13.9. The Kier molecular flexibility index (Phi) is 3.14. The van der Waals surface area contributed by atoms with Crippen molar-refractivity contribution in [3.8, 4) is 0 Å². The molecule has 5 rings (SSSR count). The number of nitrogens with zero attached hydrogens (tertiary/aromatic N) is 2. The van der Waals surface area contributed by atoms with E-state index < -0.39 is 5.72 Å². The highest BCUT2D eigenvalue weighted by molar-refractivity contribution is 6.00. The van der Waals surface area contributed by atoms with Gasteiger partial charge in [-0.2, -0.15) is 4.73 Å². The lowest BCUT2D eigenvalue weighted by Crippen LogP contribution is -2.47. The summed E-state index contributed by atoms with van der Waals surface area (Å²) in [5.41, 5.74) is 1.31. The number of ether oxygens (including phenoxy) is 1. The standard InChI is InChI=1S/C21H16N2O3/c24-20-17-12-7-13-22(25)19(17)21(16-10-5-2-6-11-16)23(20)18(14-26-21)15-8-3-1-4-9-15/h1-13,18H,14H2/t18-,21-/m0/s1. The van der Waals surface area contributed by atoms with Crippen LogP contribution in [0.25, 0.3) is 0 Å². The third-order valence-corrected chi connectivity index (χ3v) is 5.18. The molecule has 26 heavy (non-hydrogen) atoms.